The molecule has 7 heteroatoms. The second-order valence-electron chi connectivity index (χ2n) is 5.02. The van der Waals surface area contributed by atoms with E-state index >= 15 is 0 Å². The smallest absolute Gasteiger partial charge is 0.390 e. The Kier molecular flexibility index (Phi) is 4.53. The van der Waals surface area contributed by atoms with E-state index in [1.165, 1.54) is 6.92 Å². The first-order valence-corrected chi connectivity index (χ1v) is 6.52. The molecule has 1 unspecified atom stereocenters. The molecule has 1 aliphatic carbocycles. The molecule has 0 aliphatic heterocycles. The third-order valence-corrected chi connectivity index (χ3v) is 3.37. The molecule has 0 saturated heterocycles. The summed E-state index contributed by atoms with van der Waals surface area (Å²) in [5.74, 6) is -0.681. The Balaban J connectivity index is 1.97. The molecule has 0 saturated carbocycles. The molecule has 1 aromatic rings. The SMILES string of the molecule is CC(OCC(F)(F)F)C(=O)N[C@@H]1c2ccccc2C[C@@H]1O. The van der Waals surface area contributed by atoms with Gasteiger partial charge in [0.15, 0.2) is 0 Å². The number of amides is 1. The first kappa shape index (κ1) is 15.8. The van der Waals surface area contributed by atoms with Gasteiger partial charge in [-0.3, -0.25) is 4.79 Å². The van der Waals surface area contributed by atoms with E-state index < -0.39 is 36.9 Å². The molecule has 2 rings (SSSR count). The van der Waals surface area contributed by atoms with Gasteiger partial charge in [0.05, 0.1) is 12.1 Å². The van der Waals surface area contributed by atoms with Crippen molar-refractivity contribution in [1.29, 1.82) is 0 Å². The molecule has 1 amide bonds. The molecular weight excluding hydrogens is 287 g/mol. The van der Waals surface area contributed by atoms with E-state index in [2.05, 4.69) is 10.1 Å². The molecular formula is C14H16F3NO3. The zero-order chi connectivity index (χ0) is 15.6. The minimum Gasteiger partial charge on any atom is -0.390 e. The van der Waals surface area contributed by atoms with Gasteiger partial charge in [-0.15, -0.1) is 0 Å². The van der Waals surface area contributed by atoms with E-state index in [1.54, 1.807) is 12.1 Å². The van der Waals surface area contributed by atoms with Crippen molar-refractivity contribution in [3.63, 3.8) is 0 Å². The topological polar surface area (TPSA) is 58.6 Å². The van der Waals surface area contributed by atoms with Crippen LogP contribution in [-0.2, 0) is 16.0 Å². The zero-order valence-electron chi connectivity index (χ0n) is 11.4. The lowest BCUT2D eigenvalue weighted by Gasteiger charge is -2.21. The van der Waals surface area contributed by atoms with Gasteiger partial charge in [0, 0.05) is 6.42 Å². The Morgan fingerprint density at radius 1 is 1.48 bits per heavy atom. The third kappa shape index (κ3) is 3.95. The van der Waals surface area contributed by atoms with Crippen LogP contribution in [0.2, 0.25) is 0 Å². The fourth-order valence-corrected chi connectivity index (χ4v) is 2.31. The number of hydrogen-bond acceptors (Lipinski definition) is 3. The highest BCUT2D eigenvalue weighted by molar-refractivity contribution is 5.81. The number of ether oxygens (including phenoxy) is 1. The highest BCUT2D eigenvalue weighted by atomic mass is 19.4. The highest BCUT2D eigenvalue weighted by Gasteiger charge is 2.34. The molecule has 1 aliphatic rings. The van der Waals surface area contributed by atoms with Gasteiger partial charge in [-0.1, -0.05) is 24.3 Å². The average Bonchev–Trinajstić information content (AvgIpc) is 2.71. The van der Waals surface area contributed by atoms with Gasteiger partial charge < -0.3 is 15.2 Å². The summed E-state index contributed by atoms with van der Waals surface area (Å²) in [6.07, 6.45) is -6.11. The molecule has 2 N–H and O–H groups in total. The number of rotatable bonds is 4. The zero-order valence-corrected chi connectivity index (χ0v) is 11.4. The van der Waals surface area contributed by atoms with E-state index in [0.29, 0.717) is 6.42 Å². The van der Waals surface area contributed by atoms with Gasteiger partial charge in [0.25, 0.3) is 0 Å². The van der Waals surface area contributed by atoms with Crippen LogP contribution in [0.4, 0.5) is 13.2 Å². The van der Waals surface area contributed by atoms with Crippen LogP contribution in [0.5, 0.6) is 0 Å². The molecule has 0 spiro atoms. The quantitative estimate of drug-likeness (QED) is 0.890. The predicted octanol–water partition coefficient (Wildman–Crippen LogP) is 1.73. The van der Waals surface area contributed by atoms with E-state index in [0.717, 1.165) is 11.1 Å². The summed E-state index contributed by atoms with van der Waals surface area (Å²) in [6.45, 7) is -0.236. The summed E-state index contributed by atoms with van der Waals surface area (Å²) < 4.78 is 40.6. The maximum Gasteiger partial charge on any atom is 0.411 e. The van der Waals surface area contributed by atoms with Crippen molar-refractivity contribution < 1.29 is 27.8 Å². The van der Waals surface area contributed by atoms with Crippen LogP contribution in [0.3, 0.4) is 0 Å². The first-order chi connectivity index (χ1) is 9.78. The van der Waals surface area contributed by atoms with Crippen molar-refractivity contribution in [3.05, 3.63) is 35.4 Å². The van der Waals surface area contributed by atoms with Gasteiger partial charge in [-0.2, -0.15) is 13.2 Å². The molecule has 0 bridgehead atoms. The molecule has 0 radical (unpaired) electrons. The van der Waals surface area contributed by atoms with Crippen LogP contribution >= 0.6 is 0 Å². The van der Waals surface area contributed by atoms with Crippen LogP contribution in [-0.4, -0.2) is 36.0 Å². The molecule has 3 atom stereocenters. The Bertz CT molecular complexity index is 518. The lowest BCUT2D eigenvalue weighted by atomic mass is 10.1. The van der Waals surface area contributed by atoms with Crippen molar-refractivity contribution in [3.8, 4) is 0 Å². The lowest BCUT2D eigenvalue weighted by molar-refractivity contribution is -0.186. The Morgan fingerprint density at radius 2 is 2.14 bits per heavy atom. The number of fused-ring (bicyclic) bond motifs is 1. The second kappa shape index (κ2) is 6.03. The summed E-state index contributed by atoms with van der Waals surface area (Å²) in [5, 5.41) is 12.5. The summed E-state index contributed by atoms with van der Waals surface area (Å²) in [6, 6.07) is 6.60. The van der Waals surface area contributed by atoms with Crippen LogP contribution in [0, 0.1) is 0 Å². The Hall–Kier alpha value is -1.60. The third-order valence-electron chi connectivity index (χ3n) is 3.37. The van der Waals surface area contributed by atoms with Gasteiger partial charge in [0.1, 0.15) is 12.7 Å². The van der Waals surface area contributed by atoms with Crippen molar-refractivity contribution in [2.75, 3.05) is 6.61 Å². The van der Waals surface area contributed by atoms with Crippen molar-refractivity contribution in [1.82, 2.24) is 5.32 Å². The van der Waals surface area contributed by atoms with E-state index in [4.69, 9.17) is 0 Å². The normalized spacial score (nSPS) is 22.7. The monoisotopic (exact) mass is 303 g/mol. The summed E-state index contributed by atoms with van der Waals surface area (Å²) in [7, 11) is 0. The van der Waals surface area contributed by atoms with E-state index in [-0.39, 0.29) is 0 Å². The fraction of sp³-hybridized carbons (Fsp3) is 0.500. The maximum atomic E-state index is 12.0. The van der Waals surface area contributed by atoms with Gasteiger partial charge in [-0.25, -0.2) is 0 Å². The second-order valence-corrected chi connectivity index (χ2v) is 5.02. The lowest BCUT2D eigenvalue weighted by Crippen LogP contribution is -2.41. The molecule has 21 heavy (non-hydrogen) atoms. The number of carbonyl (C=O) groups is 1. The van der Waals surface area contributed by atoms with E-state index in [1.807, 2.05) is 12.1 Å². The molecule has 0 aromatic heterocycles. The minimum atomic E-state index is -4.48. The number of nitrogens with one attached hydrogen (secondary N) is 1. The fourth-order valence-electron chi connectivity index (χ4n) is 2.31. The number of aliphatic hydroxyl groups is 1. The number of halogens is 3. The van der Waals surface area contributed by atoms with Crippen molar-refractivity contribution >= 4 is 5.91 Å². The molecule has 116 valence electrons. The van der Waals surface area contributed by atoms with Crippen LogP contribution in [0.1, 0.15) is 24.1 Å². The van der Waals surface area contributed by atoms with Crippen LogP contribution in [0.25, 0.3) is 0 Å². The molecule has 1 aromatic carbocycles. The number of alkyl halides is 3. The van der Waals surface area contributed by atoms with Gasteiger partial charge in [0.2, 0.25) is 5.91 Å². The number of aliphatic hydroxyl groups excluding tert-OH is 1. The predicted molar refractivity (Wildman–Crippen MR) is 68.5 cm³/mol. The average molecular weight is 303 g/mol. The molecule has 0 heterocycles. The Labute approximate surface area is 119 Å². The van der Waals surface area contributed by atoms with E-state index in [9.17, 15) is 23.1 Å². The summed E-state index contributed by atoms with van der Waals surface area (Å²) in [4.78, 5) is 11.9. The van der Waals surface area contributed by atoms with Gasteiger partial charge in [-0.05, 0) is 18.1 Å². The van der Waals surface area contributed by atoms with Crippen molar-refractivity contribution in [2.24, 2.45) is 0 Å². The largest absolute Gasteiger partial charge is 0.411 e. The van der Waals surface area contributed by atoms with Crippen LogP contribution in [0.15, 0.2) is 24.3 Å². The Morgan fingerprint density at radius 3 is 2.81 bits per heavy atom. The van der Waals surface area contributed by atoms with Crippen molar-refractivity contribution in [2.45, 2.75) is 37.8 Å². The summed E-state index contributed by atoms with van der Waals surface area (Å²) >= 11 is 0. The highest BCUT2D eigenvalue weighted by Crippen LogP contribution is 2.31. The minimum absolute atomic E-state index is 0.402. The van der Waals surface area contributed by atoms with Crippen LogP contribution < -0.4 is 5.32 Å². The van der Waals surface area contributed by atoms with Gasteiger partial charge >= 0.3 is 6.18 Å². The number of benzene rings is 1. The molecule has 0 fully saturated rings. The molecule has 4 nitrogen and oxygen atoms in total. The summed E-state index contributed by atoms with van der Waals surface area (Å²) in [5.41, 5.74) is 1.69. The maximum absolute atomic E-state index is 12.0. The number of hydrogen-bond donors (Lipinski definition) is 2. The number of carbonyl (C=O) groups excluding carboxylic acids is 1. The first-order valence-electron chi connectivity index (χ1n) is 6.52. The standard InChI is InChI=1S/C14H16F3NO3/c1-8(21-7-14(15,16)17)13(20)18-12-10-5-3-2-4-9(10)6-11(12)19/h2-5,8,11-12,19H,6-7H2,1H3,(H,18,20)/t8?,11-,12+/m0/s1.